The highest BCUT2D eigenvalue weighted by Gasteiger charge is 2.26. The lowest BCUT2D eigenvalue weighted by atomic mass is 9.96. The molecule has 0 saturated carbocycles. The highest BCUT2D eigenvalue weighted by atomic mass is 16.6. The molecule has 0 aromatic heterocycles. The van der Waals surface area contributed by atoms with Gasteiger partial charge in [0.05, 0.1) is 4.92 Å². The number of aliphatic imine (C=N–C) groups is 1. The van der Waals surface area contributed by atoms with Crippen LogP contribution in [0, 0.1) is 17.0 Å². The van der Waals surface area contributed by atoms with E-state index in [2.05, 4.69) is 11.1 Å². The normalized spacial score (nSPS) is 14.8. The SMILES string of the molecule is Cc1ccc(C2=NC(=Cc3c4ccccc4cc4ccccc34)C(=O)O2)cc1[N+](=O)[O-]. The summed E-state index contributed by atoms with van der Waals surface area (Å²) < 4.78 is 5.35. The smallest absolute Gasteiger partial charge is 0.363 e. The molecular weight excluding hydrogens is 392 g/mol. The summed E-state index contributed by atoms with van der Waals surface area (Å²) in [6, 6.07) is 22.7. The fourth-order valence-corrected chi connectivity index (χ4v) is 3.81. The molecule has 0 amide bonds. The van der Waals surface area contributed by atoms with Crippen molar-refractivity contribution in [1.82, 2.24) is 0 Å². The van der Waals surface area contributed by atoms with Crippen molar-refractivity contribution < 1.29 is 14.5 Å². The topological polar surface area (TPSA) is 81.8 Å². The van der Waals surface area contributed by atoms with Gasteiger partial charge in [-0.3, -0.25) is 10.1 Å². The average Bonchev–Trinajstić information content (AvgIpc) is 3.14. The van der Waals surface area contributed by atoms with E-state index in [1.807, 2.05) is 48.5 Å². The van der Waals surface area contributed by atoms with E-state index in [0.717, 1.165) is 27.1 Å². The van der Waals surface area contributed by atoms with Crippen LogP contribution in [0.3, 0.4) is 0 Å². The standard InChI is InChI=1S/C25H16N2O4/c1-15-10-11-18(13-23(15)27(29)30)24-26-22(25(28)31-24)14-21-19-8-4-2-6-16(19)12-17-7-3-5-9-20(17)21/h2-14H,1H3. The molecule has 1 heterocycles. The van der Waals surface area contributed by atoms with Gasteiger partial charge in [0.25, 0.3) is 5.69 Å². The maximum absolute atomic E-state index is 12.6. The van der Waals surface area contributed by atoms with E-state index in [4.69, 9.17) is 4.74 Å². The number of nitro benzene ring substituents is 1. The van der Waals surface area contributed by atoms with Gasteiger partial charge in [-0.05, 0) is 52.2 Å². The van der Waals surface area contributed by atoms with E-state index in [9.17, 15) is 14.9 Å². The summed E-state index contributed by atoms with van der Waals surface area (Å²) in [5.41, 5.74) is 1.89. The van der Waals surface area contributed by atoms with Crippen LogP contribution >= 0.6 is 0 Å². The maximum Gasteiger partial charge on any atom is 0.363 e. The second-order valence-electron chi connectivity index (χ2n) is 7.33. The van der Waals surface area contributed by atoms with Crippen molar-refractivity contribution in [3.05, 3.63) is 105 Å². The number of carbonyl (C=O) groups excluding carboxylic acids is 1. The summed E-state index contributed by atoms with van der Waals surface area (Å²) in [4.78, 5) is 27.7. The number of hydrogen-bond donors (Lipinski definition) is 0. The lowest BCUT2D eigenvalue weighted by Gasteiger charge is -2.08. The number of esters is 1. The minimum Gasteiger partial charge on any atom is -0.402 e. The van der Waals surface area contributed by atoms with Crippen molar-refractivity contribution in [2.45, 2.75) is 6.92 Å². The summed E-state index contributed by atoms with van der Waals surface area (Å²) in [5, 5.41) is 15.4. The summed E-state index contributed by atoms with van der Waals surface area (Å²) in [6.45, 7) is 1.65. The van der Waals surface area contributed by atoms with Crippen LogP contribution < -0.4 is 0 Å². The predicted octanol–water partition coefficient (Wildman–Crippen LogP) is 5.55. The summed E-state index contributed by atoms with van der Waals surface area (Å²) in [6.07, 6.45) is 1.72. The Kier molecular flexibility index (Phi) is 4.33. The quantitative estimate of drug-likeness (QED) is 0.146. The van der Waals surface area contributed by atoms with E-state index >= 15 is 0 Å². The Labute approximate surface area is 177 Å². The first-order chi connectivity index (χ1) is 15.0. The van der Waals surface area contributed by atoms with Gasteiger partial charge in [0.15, 0.2) is 5.70 Å². The molecule has 1 aliphatic heterocycles. The van der Waals surface area contributed by atoms with Crippen LogP contribution in [-0.2, 0) is 9.53 Å². The van der Waals surface area contributed by atoms with Gasteiger partial charge < -0.3 is 4.74 Å². The minimum atomic E-state index is -0.588. The van der Waals surface area contributed by atoms with Crippen molar-refractivity contribution in [2.75, 3.05) is 0 Å². The molecule has 5 rings (SSSR count). The van der Waals surface area contributed by atoms with Gasteiger partial charge in [-0.25, -0.2) is 9.79 Å². The second kappa shape index (κ2) is 7.18. The van der Waals surface area contributed by atoms with E-state index in [-0.39, 0.29) is 17.3 Å². The number of hydrogen-bond acceptors (Lipinski definition) is 5. The van der Waals surface area contributed by atoms with Crippen molar-refractivity contribution in [3.8, 4) is 0 Å². The molecule has 0 atom stereocenters. The Bertz CT molecular complexity index is 1410. The molecule has 1 aliphatic rings. The van der Waals surface area contributed by atoms with Crippen LogP contribution in [0.25, 0.3) is 27.6 Å². The van der Waals surface area contributed by atoms with Crippen LogP contribution in [-0.4, -0.2) is 16.8 Å². The largest absolute Gasteiger partial charge is 0.402 e. The number of ether oxygens (including phenoxy) is 1. The Morgan fingerprint density at radius 3 is 2.23 bits per heavy atom. The molecular formula is C25H16N2O4. The zero-order valence-electron chi connectivity index (χ0n) is 16.5. The molecule has 0 bridgehead atoms. The van der Waals surface area contributed by atoms with Crippen molar-refractivity contribution >= 4 is 45.2 Å². The van der Waals surface area contributed by atoms with Crippen LogP contribution in [0.15, 0.2) is 83.5 Å². The van der Waals surface area contributed by atoms with Gasteiger partial charge in [0, 0.05) is 17.2 Å². The van der Waals surface area contributed by atoms with E-state index in [0.29, 0.717) is 11.1 Å². The Morgan fingerprint density at radius 1 is 0.935 bits per heavy atom. The lowest BCUT2D eigenvalue weighted by Crippen LogP contribution is -2.06. The highest BCUT2D eigenvalue weighted by molar-refractivity contribution is 6.15. The van der Waals surface area contributed by atoms with Gasteiger partial charge in [0.1, 0.15) is 0 Å². The molecule has 6 heteroatoms. The zero-order chi connectivity index (χ0) is 21.5. The van der Waals surface area contributed by atoms with Crippen LogP contribution in [0.1, 0.15) is 16.7 Å². The number of nitro groups is 1. The molecule has 0 spiro atoms. The zero-order valence-corrected chi connectivity index (χ0v) is 16.5. The van der Waals surface area contributed by atoms with Gasteiger partial charge >= 0.3 is 5.97 Å². The number of rotatable bonds is 3. The molecule has 0 unspecified atom stereocenters. The van der Waals surface area contributed by atoms with E-state index < -0.39 is 10.9 Å². The molecule has 0 radical (unpaired) electrons. The first-order valence-corrected chi connectivity index (χ1v) is 9.70. The third-order valence-electron chi connectivity index (χ3n) is 5.37. The van der Waals surface area contributed by atoms with Crippen molar-refractivity contribution in [2.24, 2.45) is 4.99 Å². The molecule has 31 heavy (non-hydrogen) atoms. The van der Waals surface area contributed by atoms with Crippen LogP contribution in [0.5, 0.6) is 0 Å². The fourth-order valence-electron chi connectivity index (χ4n) is 3.81. The second-order valence-corrected chi connectivity index (χ2v) is 7.33. The average molecular weight is 408 g/mol. The monoisotopic (exact) mass is 408 g/mol. The highest BCUT2D eigenvalue weighted by Crippen LogP contribution is 2.32. The summed E-state index contributed by atoms with van der Waals surface area (Å²) >= 11 is 0. The molecule has 0 N–H and O–H groups in total. The third kappa shape index (κ3) is 3.24. The molecule has 0 aliphatic carbocycles. The minimum absolute atomic E-state index is 0.0475. The number of aryl methyl sites for hydroxylation is 1. The Morgan fingerprint density at radius 2 is 1.58 bits per heavy atom. The van der Waals surface area contributed by atoms with E-state index in [1.54, 1.807) is 25.1 Å². The number of nitrogens with zero attached hydrogens (tertiary/aromatic N) is 2. The number of cyclic esters (lactones) is 1. The van der Waals surface area contributed by atoms with Crippen molar-refractivity contribution in [1.29, 1.82) is 0 Å². The molecule has 150 valence electrons. The predicted molar refractivity (Wildman–Crippen MR) is 120 cm³/mol. The van der Waals surface area contributed by atoms with Crippen LogP contribution in [0.4, 0.5) is 5.69 Å². The molecule has 4 aromatic carbocycles. The fraction of sp³-hybridized carbons (Fsp3) is 0.0400. The van der Waals surface area contributed by atoms with Gasteiger partial charge in [0.2, 0.25) is 5.90 Å². The summed E-state index contributed by atoms with van der Waals surface area (Å²) in [7, 11) is 0. The Balaban J connectivity index is 1.67. The number of benzene rings is 4. The first-order valence-electron chi connectivity index (χ1n) is 9.70. The maximum atomic E-state index is 12.6. The molecule has 0 fully saturated rings. The molecule has 6 nitrogen and oxygen atoms in total. The number of fused-ring (bicyclic) bond motifs is 2. The lowest BCUT2D eigenvalue weighted by molar-refractivity contribution is -0.385. The number of carbonyl (C=O) groups is 1. The third-order valence-corrected chi connectivity index (χ3v) is 5.37. The molecule has 0 saturated heterocycles. The summed E-state index contributed by atoms with van der Waals surface area (Å²) in [5.74, 6) is -0.529. The van der Waals surface area contributed by atoms with Crippen molar-refractivity contribution in [3.63, 3.8) is 0 Å². The van der Waals surface area contributed by atoms with Crippen LogP contribution in [0.2, 0.25) is 0 Å². The first kappa shape index (κ1) is 18.7. The van der Waals surface area contributed by atoms with Gasteiger partial charge in [-0.1, -0.05) is 54.6 Å². The van der Waals surface area contributed by atoms with Gasteiger partial charge in [-0.15, -0.1) is 0 Å². The Hall–Kier alpha value is -4.32. The van der Waals surface area contributed by atoms with E-state index in [1.165, 1.54) is 6.07 Å². The molecule has 4 aromatic rings. The van der Waals surface area contributed by atoms with Gasteiger partial charge in [-0.2, -0.15) is 0 Å².